The Morgan fingerprint density at radius 2 is 1.42 bits per heavy atom. The van der Waals surface area contributed by atoms with Crippen molar-refractivity contribution in [2.45, 2.75) is 38.3 Å². The van der Waals surface area contributed by atoms with Crippen molar-refractivity contribution in [2.24, 2.45) is 0 Å². The number of carbonyl (C=O) groups is 3. The van der Waals surface area contributed by atoms with Crippen molar-refractivity contribution in [3.8, 4) is 0 Å². The van der Waals surface area contributed by atoms with Crippen molar-refractivity contribution in [3.63, 3.8) is 0 Å². The lowest BCUT2D eigenvalue weighted by Crippen LogP contribution is -2.47. The van der Waals surface area contributed by atoms with Gasteiger partial charge in [-0.2, -0.15) is 0 Å². The first kappa shape index (κ1) is 19.7. The van der Waals surface area contributed by atoms with Gasteiger partial charge in [0.05, 0.1) is 17.7 Å². The summed E-state index contributed by atoms with van der Waals surface area (Å²) in [5.41, 5.74) is 5.00. The smallest absolute Gasteiger partial charge is 0.328 e. The van der Waals surface area contributed by atoms with E-state index in [9.17, 15) is 19.5 Å². The lowest BCUT2D eigenvalue weighted by Gasteiger charge is -2.24. The summed E-state index contributed by atoms with van der Waals surface area (Å²) < 4.78 is 1.96. The second-order valence-electron chi connectivity index (χ2n) is 8.85. The summed E-state index contributed by atoms with van der Waals surface area (Å²) in [6.45, 7) is -0.0103. The molecule has 0 fully saturated rings. The highest BCUT2D eigenvalue weighted by molar-refractivity contribution is 6.22. The highest BCUT2D eigenvalue weighted by atomic mass is 16.4. The molecule has 1 unspecified atom stereocenters. The molecule has 33 heavy (non-hydrogen) atoms. The lowest BCUT2D eigenvalue weighted by atomic mass is 9.90. The molecule has 1 N–H and O–H groups in total. The van der Waals surface area contributed by atoms with E-state index in [0.717, 1.165) is 46.0 Å². The zero-order valence-electron chi connectivity index (χ0n) is 18.0. The van der Waals surface area contributed by atoms with E-state index in [1.54, 1.807) is 24.3 Å². The highest BCUT2D eigenvalue weighted by Crippen LogP contribution is 2.35. The summed E-state index contributed by atoms with van der Waals surface area (Å²) in [6.07, 6.45) is 4.38. The number of para-hydroxylation sites is 1. The number of rotatable bonds is 4. The van der Waals surface area contributed by atoms with E-state index in [0.29, 0.717) is 0 Å². The van der Waals surface area contributed by atoms with E-state index >= 15 is 0 Å². The predicted molar refractivity (Wildman–Crippen MR) is 124 cm³/mol. The lowest BCUT2D eigenvalue weighted by molar-refractivity contribution is -0.142. The Kier molecular flexibility index (Phi) is 4.37. The van der Waals surface area contributed by atoms with Gasteiger partial charge in [0.25, 0.3) is 11.8 Å². The van der Waals surface area contributed by atoms with Crippen molar-refractivity contribution < 1.29 is 19.5 Å². The van der Waals surface area contributed by atoms with Crippen molar-refractivity contribution >= 4 is 39.6 Å². The maximum absolute atomic E-state index is 13.0. The third-order valence-corrected chi connectivity index (χ3v) is 7.01. The molecule has 1 atom stereocenters. The van der Waals surface area contributed by atoms with Crippen molar-refractivity contribution in [2.75, 3.05) is 0 Å². The molecule has 6 rings (SSSR count). The molecule has 2 aliphatic rings. The number of aromatic nitrogens is 1. The third-order valence-electron chi connectivity index (χ3n) is 7.01. The normalized spacial score (nSPS) is 16.3. The van der Waals surface area contributed by atoms with Gasteiger partial charge in [0.15, 0.2) is 6.04 Å². The minimum absolute atomic E-state index is 0.0103. The van der Waals surface area contributed by atoms with E-state index in [4.69, 9.17) is 0 Å². The van der Waals surface area contributed by atoms with Crippen molar-refractivity contribution in [3.05, 3.63) is 82.9 Å². The van der Waals surface area contributed by atoms with Crippen molar-refractivity contribution in [1.82, 2.24) is 9.47 Å². The van der Waals surface area contributed by atoms with Crippen LogP contribution in [0.5, 0.6) is 0 Å². The molecule has 0 saturated heterocycles. The predicted octanol–water partition coefficient (Wildman–Crippen LogP) is 4.42. The molecule has 0 saturated carbocycles. The highest BCUT2D eigenvalue weighted by Gasteiger charge is 2.43. The largest absolute Gasteiger partial charge is 0.480 e. The molecule has 3 aromatic carbocycles. The fourth-order valence-corrected chi connectivity index (χ4v) is 5.41. The monoisotopic (exact) mass is 438 g/mol. The number of fused-ring (bicyclic) bond motifs is 5. The molecule has 0 bridgehead atoms. The van der Waals surface area contributed by atoms with Crippen LogP contribution >= 0.6 is 0 Å². The molecule has 1 aromatic heterocycles. The summed E-state index contributed by atoms with van der Waals surface area (Å²) in [7, 11) is 0. The van der Waals surface area contributed by atoms with Gasteiger partial charge < -0.3 is 9.67 Å². The summed E-state index contributed by atoms with van der Waals surface area (Å²) in [4.78, 5) is 39.4. The third kappa shape index (κ3) is 2.90. The minimum Gasteiger partial charge on any atom is -0.480 e. The van der Waals surface area contributed by atoms with Gasteiger partial charge in [-0.05, 0) is 67.1 Å². The number of aliphatic carboxylic acids is 1. The Morgan fingerprint density at radius 1 is 0.818 bits per heavy atom. The number of carboxylic acid groups (broad SMARTS) is 1. The Bertz CT molecular complexity index is 1450. The molecule has 0 radical (unpaired) electrons. The second-order valence-corrected chi connectivity index (χ2v) is 8.85. The van der Waals surface area contributed by atoms with Gasteiger partial charge >= 0.3 is 5.97 Å². The number of carbonyl (C=O) groups excluding carboxylic acids is 2. The number of hydrogen-bond acceptors (Lipinski definition) is 3. The van der Waals surface area contributed by atoms with Crippen LogP contribution in [0.2, 0.25) is 0 Å². The maximum atomic E-state index is 13.0. The maximum Gasteiger partial charge on any atom is 0.328 e. The van der Waals surface area contributed by atoms with Crippen molar-refractivity contribution in [1.29, 1.82) is 0 Å². The number of nitrogens with zero attached hydrogens (tertiary/aromatic N) is 2. The van der Waals surface area contributed by atoms with Crippen LogP contribution in [0.25, 0.3) is 21.8 Å². The molecule has 1 aliphatic carbocycles. The molecule has 2 amide bonds. The van der Waals surface area contributed by atoms with Gasteiger partial charge in [0.2, 0.25) is 0 Å². The molecule has 0 spiro atoms. The molecule has 2 heterocycles. The summed E-state index contributed by atoms with van der Waals surface area (Å²) >= 11 is 0. The van der Waals surface area contributed by atoms with Gasteiger partial charge in [0, 0.05) is 21.8 Å². The van der Waals surface area contributed by atoms with Crippen LogP contribution < -0.4 is 0 Å². The molecule has 4 aromatic rings. The SMILES string of the molecule is O=C(O)C(Cn1c2ccccc2c2cc3c(cc21)CCCC3)N1C(=O)c2ccccc2C1=O. The first-order chi connectivity index (χ1) is 16.0. The van der Waals surface area contributed by atoms with Gasteiger partial charge in [-0.1, -0.05) is 30.3 Å². The second kappa shape index (κ2) is 7.30. The van der Waals surface area contributed by atoms with Gasteiger partial charge in [0.1, 0.15) is 0 Å². The average molecular weight is 438 g/mol. The van der Waals surface area contributed by atoms with Crippen LogP contribution in [0.1, 0.15) is 44.7 Å². The number of hydrogen-bond donors (Lipinski definition) is 1. The van der Waals surface area contributed by atoms with Crippen LogP contribution in [0.15, 0.2) is 60.7 Å². The first-order valence-electron chi connectivity index (χ1n) is 11.3. The van der Waals surface area contributed by atoms with Crippen LogP contribution in [-0.2, 0) is 24.2 Å². The molecule has 6 heteroatoms. The standard InChI is InChI=1S/C27H22N2O4/c30-25-19-10-3-4-11-20(19)26(31)29(25)24(27(32)33)15-28-22-12-6-5-9-18(22)21-13-16-7-1-2-8-17(16)14-23(21)28/h3-6,9-14,24H,1-2,7-8,15H2,(H,32,33). The minimum atomic E-state index is -1.31. The van der Waals surface area contributed by atoms with Gasteiger partial charge in [-0.25, -0.2) is 4.79 Å². The molecule has 6 nitrogen and oxygen atoms in total. The Morgan fingerprint density at radius 3 is 2.09 bits per heavy atom. The average Bonchev–Trinajstić information content (AvgIpc) is 3.27. The number of amides is 2. The quantitative estimate of drug-likeness (QED) is 0.478. The van der Waals surface area contributed by atoms with Gasteiger partial charge in [-0.3, -0.25) is 14.5 Å². The number of benzene rings is 3. The van der Waals surface area contributed by atoms with E-state index in [-0.39, 0.29) is 17.7 Å². The van der Waals surface area contributed by atoms with E-state index < -0.39 is 23.8 Å². The van der Waals surface area contributed by atoms with Crippen LogP contribution in [-0.4, -0.2) is 38.4 Å². The summed E-state index contributed by atoms with van der Waals surface area (Å²) in [5.74, 6) is -2.31. The van der Waals surface area contributed by atoms with Crippen LogP contribution in [0, 0.1) is 0 Å². The topological polar surface area (TPSA) is 79.6 Å². The number of aryl methyl sites for hydroxylation is 2. The summed E-state index contributed by atoms with van der Waals surface area (Å²) in [5, 5.41) is 12.3. The fraction of sp³-hybridized carbons (Fsp3) is 0.222. The molecular weight excluding hydrogens is 416 g/mol. The van der Waals surface area contributed by atoms with Crippen LogP contribution in [0.4, 0.5) is 0 Å². The zero-order valence-corrected chi connectivity index (χ0v) is 18.0. The summed E-state index contributed by atoms with van der Waals surface area (Å²) in [6, 6.07) is 17.5. The Balaban J connectivity index is 1.51. The fourth-order valence-electron chi connectivity index (χ4n) is 5.41. The Labute approximate surface area is 190 Å². The first-order valence-corrected chi connectivity index (χ1v) is 11.3. The molecule has 1 aliphatic heterocycles. The molecule has 164 valence electrons. The zero-order chi connectivity index (χ0) is 22.7. The Hall–Kier alpha value is -3.93. The molecular formula is C27H22N2O4. The van der Waals surface area contributed by atoms with E-state index in [2.05, 4.69) is 12.1 Å². The van der Waals surface area contributed by atoms with E-state index in [1.807, 2.05) is 28.8 Å². The number of carboxylic acids is 1. The van der Waals surface area contributed by atoms with Gasteiger partial charge in [-0.15, -0.1) is 0 Å². The van der Waals surface area contributed by atoms with E-state index in [1.165, 1.54) is 17.5 Å². The van der Waals surface area contributed by atoms with Crippen LogP contribution in [0.3, 0.4) is 0 Å². The number of imide groups is 1.